The quantitative estimate of drug-likeness (QED) is 0.513. The molecule has 2 aromatic heterocycles. The van der Waals surface area contributed by atoms with Gasteiger partial charge in [0.15, 0.2) is 5.82 Å². The van der Waals surface area contributed by atoms with Gasteiger partial charge in [0.2, 0.25) is 4.80 Å². The number of halogens is 2. The second-order valence-corrected chi connectivity index (χ2v) is 8.44. The fourth-order valence-electron chi connectivity index (χ4n) is 3.49. The first kappa shape index (κ1) is 22.0. The van der Waals surface area contributed by atoms with Crippen molar-refractivity contribution >= 4 is 28.6 Å². The van der Waals surface area contributed by atoms with Gasteiger partial charge < -0.3 is 0 Å². The predicted octanol–water partition coefficient (Wildman–Crippen LogP) is 0.727. The van der Waals surface area contributed by atoms with Gasteiger partial charge in [-0.25, -0.2) is 42.1 Å². The van der Waals surface area contributed by atoms with Gasteiger partial charge in [0, 0.05) is 20.1 Å². The molecule has 0 saturated heterocycles. The molecule has 0 N–H and O–H groups in total. The zero-order valence-corrected chi connectivity index (χ0v) is 18.5. The lowest BCUT2D eigenvalue weighted by Gasteiger charge is -2.16. The van der Waals surface area contributed by atoms with Crippen molar-refractivity contribution in [3.63, 3.8) is 0 Å². The van der Waals surface area contributed by atoms with Gasteiger partial charge in [-0.1, -0.05) is 17.7 Å². The van der Waals surface area contributed by atoms with Crippen molar-refractivity contribution in [3.8, 4) is 5.69 Å². The lowest BCUT2D eigenvalue weighted by molar-refractivity contribution is 0.345. The minimum absolute atomic E-state index is 0.136. The third-order valence-electron chi connectivity index (χ3n) is 5.09. The molecule has 0 bridgehead atoms. The fourth-order valence-corrected chi connectivity index (χ4v) is 4.62. The van der Waals surface area contributed by atoms with E-state index in [2.05, 4.69) is 11.6 Å². The Morgan fingerprint density at radius 2 is 1.81 bits per heavy atom. The van der Waals surface area contributed by atoms with Gasteiger partial charge in [0.1, 0.15) is 5.69 Å². The summed E-state index contributed by atoms with van der Waals surface area (Å²) in [5.41, 5.74) is -3.05. The number of hydrogen-bond acceptors (Lipinski definition) is 6. The molecule has 1 aliphatic rings. The van der Waals surface area contributed by atoms with Crippen molar-refractivity contribution in [2.24, 2.45) is 12.0 Å². The Bertz CT molecular complexity index is 1550. The average Bonchev–Trinajstić information content (AvgIpc) is 3.08. The average molecular weight is 481 g/mol. The summed E-state index contributed by atoms with van der Waals surface area (Å²) in [6.07, 6.45) is 3.05. The summed E-state index contributed by atoms with van der Waals surface area (Å²) >= 11 is 7.04. The standard InChI is InChI=1S/C19H18ClFN6O4S/c1-3-6-24-16(28)23(2)17(29)27(18(24)30)14-10-13(12(21)9-11(14)20)22-15-25-7-4-5-8-26(25)19(31)32-15/h3,9-10H,1,4-8H2,2H3. The second-order valence-electron chi connectivity index (χ2n) is 7.11. The van der Waals surface area contributed by atoms with Crippen LogP contribution < -0.4 is 26.7 Å². The molecule has 3 aromatic rings. The maximum Gasteiger partial charge on any atom is 0.341 e. The normalized spacial score (nSPS) is 13.9. The van der Waals surface area contributed by atoms with Crippen molar-refractivity contribution in [1.29, 1.82) is 0 Å². The Hall–Kier alpha value is -3.25. The van der Waals surface area contributed by atoms with E-state index in [1.54, 1.807) is 9.36 Å². The van der Waals surface area contributed by atoms with Gasteiger partial charge in [-0.15, -0.1) is 6.58 Å². The summed E-state index contributed by atoms with van der Waals surface area (Å²) in [6.45, 7) is 4.48. The van der Waals surface area contributed by atoms with E-state index >= 15 is 0 Å². The van der Waals surface area contributed by atoms with E-state index in [-0.39, 0.29) is 27.8 Å². The van der Waals surface area contributed by atoms with Crippen LogP contribution in [-0.4, -0.2) is 23.1 Å². The summed E-state index contributed by atoms with van der Waals surface area (Å²) in [6, 6.07) is 2.08. The molecule has 0 aliphatic carbocycles. The van der Waals surface area contributed by atoms with Crippen LogP contribution in [0.15, 0.2) is 49.0 Å². The van der Waals surface area contributed by atoms with Crippen LogP contribution in [0.25, 0.3) is 5.69 Å². The molecular formula is C19H18ClFN6O4S. The molecule has 1 aromatic carbocycles. The highest BCUT2D eigenvalue weighted by molar-refractivity contribution is 7.06. The van der Waals surface area contributed by atoms with E-state index in [1.165, 1.54) is 13.1 Å². The topological polar surface area (TPSA) is 105 Å². The van der Waals surface area contributed by atoms with Crippen molar-refractivity contribution in [2.45, 2.75) is 32.5 Å². The van der Waals surface area contributed by atoms with Gasteiger partial charge in [-0.2, -0.15) is 0 Å². The third kappa shape index (κ3) is 3.54. The number of nitrogens with zero attached hydrogens (tertiary/aromatic N) is 6. The molecule has 1 aliphatic heterocycles. The Kier molecular flexibility index (Phi) is 5.73. The Balaban J connectivity index is 2.00. The Morgan fingerprint density at radius 1 is 1.12 bits per heavy atom. The van der Waals surface area contributed by atoms with Crippen LogP contribution in [0.1, 0.15) is 12.8 Å². The van der Waals surface area contributed by atoms with Crippen LogP contribution in [-0.2, 0) is 26.7 Å². The van der Waals surface area contributed by atoms with Crippen LogP contribution in [0.5, 0.6) is 0 Å². The molecule has 0 radical (unpaired) electrons. The maximum atomic E-state index is 14.7. The molecule has 0 amide bonds. The van der Waals surface area contributed by atoms with Gasteiger partial charge in [0.25, 0.3) is 0 Å². The van der Waals surface area contributed by atoms with Crippen molar-refractivity contribution in [2.75, 3.05) is 0 Å². The number of rotatable bonds is 4. The largest absolute Gasteiger partial charge is 0.341 e. The molecule has 0 atom stereocenters. The first-order chi connectivity index (χ1) is 15.2. The third-order valence-corrected chi connectivity index (χ3v) is 6.27. The van der Waals surface area contributed by atoms with Gasteiger partial charge in [0.05, 0.1) is 17.3 Å². The molecule has 168 valence electrons. The molecule has 0 saturated carbocycles. The van der Waals surface area contributed by atoms with Crippen LogP contribution in [0.2, 0.25) is 5.02 Å². The van der Waals surface area contributed by atoms with E-state index in [4.69, 9.17) is 11.6 Å². The Labute approximate surface area is 188 Å². The minimum Gasteiger partial charge on any atom is -0.256 e. The first-order valence-corrected chi connectivity index (χ1v) is 10.8. The molecule has 10 nitrogen and oxygen atoms in total. The highest BCUT2D eigenvalue weighted by Crippen LogP contribution is 2.27. The summed E-state index contributed by atoms with van der Waals surface area (Å²) in [5.74, 6) is -0.793. The monoisotopic (exact) mass is 480 g/mol. The van der Waals surface area contributed by atoms with E-state index < -0.39 is 22.9 Å². The van der Waals surface area contributed by atoms with E-state index in [0.717, 1.165) is 45.4 Å². The molecular weight excluding hydrogens is 463 g/mol. The molecule has 0 unspecified atom stereocenters. The maximum absolute atomic E-state index is 14.7. The number of allylic oxidation sites excluding steroid dienone is 1. The van der Waals surface area contributed by atoms with Crippen LogP contribution in [0, 0.1) is 5.82 Å². The van der Waals surface area contributed by atoms with Crippen molar-refractivity contribution in [1.82, 2.24) is 23.1 Å². The molecule has 13 heteroatoms. The molecule has 32 heavy (non-hydrogen) atoms. The lowest BCUT2D eigenvalue weighted by Crippen LogP contribution is -2.53. The van der Waals surface area contributed by atoms with Crippen LogP contribution in [0.3, 0.4) is 0 Å². The summed E-state index contributed by atoms with van der Waals surface area (Å²) in [5, 5.41) is -0.218. The number of aromatic nitrogens is 5. The van der Waals surface area contributed by atoms with Crippen molar-refractivity contribution < 1.29 is 4.39 Å². The molecule has 4 rings (SSSR count). The Morgan fingerprint density at radius 3 is 2.50 bits per heavy atom. The lowest BCUT2D eigenvalue weighted by atomic mass is 10.2. The van der Waals surface area contributed by atoms with Gasteiger partial charge in [-0.3, -0.25) is 9.48 Å². The molecule has 0 fully saturated rings. The second kappa shape index (κ2) is 8.36. The predicted molar refractivity (Wildman–Crippen MR) is 118 cm³/mol. The molecule has 0 spiro atoms. The van der Waals surface area contributed by atoms with Gasteiger partial charge in [-0.05, 0) is 36.3 Å². The van der Waals surface area contributed by atoms with Gasteiger partial charge >= 0.3 is 21.9 Å². The number of benzene rings is 1. The SMILES string of the molecule is C=CCn1c(=O)n(C)c(=O)n(-c2cc(N=c3sc(=O)n4n3CCCC4)c(F)cc2Cl)c1=O. The highest BCUT2D eigenvalue weighted by Gasteiger charge is 2.19. The summed E-state index contributed by atoms with van der Waals surface area (Å²) in [4.78, 5) is 54.5. The number of fused-ring (bicyclic) bond motifs is 1. The van der Waals surface area contributed by atoms with Crippen LogP contribution >= 0.6 is 22.9 Å². The van der Waals surface area contributed by atoms with E-state index in [9.17, 15) is 23.6 Å². The summed E-state index contributed by atoms with van der Waals surface area (Å²) < 4.78 is 20.2. The van der Waals surface area contributed by atoms with Crippen LogP contribution in [0.4, 0.5) is 10.1 Å². The van der Waals surface area contributed by atoms with Crippen molar-refractivity contribution in [3.05, 3.63) is 81.5 Å². The number of hydrogen-bond donors (Lipinski definition) is 0. The molecule has 3 heterocycles. The smallest absolute Gasteiger partial charge is 0.256 e. The van der Waals surface area contributed by atoms with E-state index in [0.29, 0.717) is 22.5 Å². The minimum atomic E-state index is -0.947. The van der Waals surface area contributed by atoms with E-state index in [1.807, 2.05) is 0 Å². The zero-order chi connectivity index (χ0) is 23.2. The highest BCUT2D eigenvalue weighted by atomic mass is 35.5. The summed E-state index contributed by atoms with van der Waals surface area (Å²) in [7, 11) is 1.21. The fraction of sp³-hybridized carbons (Fsp3) is 0.316. The zero-order valence-electron chi connectivity index (χ0n) is 17.0. The first-order valence-electron chi connectivity index (χ1n) is 9.63.